The SMILES string of the molecule is CC1CCN(C(=O)c2ccc(NC(=O)CNc3ccc(C(=O)N(C)c4ccccc4)cc3)cc2)CC1. The van der Waals surface area contributed by atoms with Crippen molar-refractivity contribution in [2.45, 2.75) is 19.8 Å². The Balaban J connectivity index is 1.25. The molecule has 1 aliphatic rings. The monoisotopic (exact) mass is 484 g/mol. The number of nitrogens with zero attached hydrogens (tertiary/aromatic N) is 2. The molecule has 1 heterocycles. The van der Waals surface area contributed by atoms with E-state index in [1.54, 1.807) is 60.5 Å². The third kappa shape index (κ3) is 6.30. The first-order chi connectivity index (χ1) is 17.4. The van der Waals surface area contributed by atoms with Gasteiger partial charge in [0.15, 0.2) is 0 Å². The summed E-state index contributed by atoms with van der Waals surface area (Å²) in [6, 6.07) is 23.5. The molecule has 3 amide bonds. The number of amides is 3. The molecule has 0 radical (unpaired) electrons. The van der Waals surface area contributed by atoms with E-state index in [1.807, 2.05) is 35.2 Å². The number of hydrogen-bond acceptors (Lipinski definition) is 4. The van der Waals surface area contributed by atoms with E-state index < -0.39 is 0 Å². The van der Waals surface area contributed by atoms with E-state index >= 15 is 0 Å². The van der Waals surface area contributed by atoms with E-state index in [1.165, 1.54) is 0 Å². The minimum atomic E-state index is -0.206. The predicted molar refractivity (Wildman–Crippen MR) is 143 cm³/mol. The van der Waals surface area contributed by atoms with E-state index in [0.717, 1.165) is 37.3 Å². The van der Waals surface area contributed by atoms with E-state index in [9.17, 15) is 14.4 Å². The van der Waals surface area contributed by atoms with Gasteiger partial charge >= 0.3 is 0 Å². The first kappa shape index (κ1) is 25.0. The van der Waals surface area contributed by atoms with Gasteiger partial charge in [-0.3, -0.25) is 14.4 Å². The van der Waals surface area contributed by atoms with E-state index in [2.05, 4.69) is 17.6 Å². The lowest BCUT2D eigenvalue weighted by Gasteiger charge is -2.30. The fraction of sp³-hybridized carbons (Fsp3) is 0.276. The molecule has 1 aliphatic heterocycles. The van der Waals surface area contributed by atoms with Gasteiger partial charge in [0.25, 0.3) is 11.8 Å². The van der Waals surface area contributed by atoms with Gasteiger partial charge in [0, 0.05) is 48.3 Å². The number of nitrogens with one attached hydrogen (secondary N) is 2. The Kier molecular flexibility index (Phi) is 8.00. The van der Waals surface area contributed by atoms with Crippen molar-refractivity contribution < 1.29 is 14.4 Å². The van der Waals surface area contributed by atoms with E-state index in [4.69, 9.17) is 0 Å². The van der Waals surface area contributed by atoms with Crippen molar-refractivity contribution in [1.82, 2.24) is 4.90 Å². The Hall–Kier alpha value is -4.13. The first-order valence-corrected chi connectivity index (χ1v) is 12.3. The molecule has 3 aromatic rings. The molecular weight excluding hydrogens is 452 g/mol. The molecule has 0 aromatic heterocycles. The molecule has 0 unspecified atom stereocenters. The second-order valence-electron chi connectivity index (χ2n) is 9.23. The molecule has 0 bridgehead atoms. The van der Waals surface area contributed by atoms with Crippen LogP contribution >= 0.6 is 0 Å². The quantitative estimate of drug-likeness (QED) is 0.501. The fourth-order valence-corrected chi connectivity index (χ4v) is 4.17. The van der Waals surface area contributed by atoms with Crippen LogP contribution in [0.1, 0.15) is 40.5 Å². The molecule has 0 atom stereocenters. The third-order valence-corrected chi connectivity index (χ3v) is 6.52. The molecule has 0 aliphatic carbocycles. The van der Waals surface area contributed by atoms with Crippen LogP contribution in [0.15, 0.2) is 78.9 Å². The van der Waals surface area contributed by atoms with Crippen LogP contribution in [0.5, 0.6) is 0 Å². The second kappa shape index (κ2) is 11.5. The lowest BCUT2D eigenvalue weighted by molar-refractivity contribution is -0.114. The molecule has 4 rings (SSSR count). The van der Waals surface area contributed by atoms with Crippen molar-refractivity contribution in [3.8, 4) is 0 Å². The highest BCUT2D eigenvalue weighted by Gasteiger charge is 2.21. The van der Waals surface area contributed by atoms with Gasteiger partial charge in [-0.2, -0.15) is 0 Å². The Labute approximate surface area is 212 Å². The minimum Gasteiger partial charge on any atom is -0.376 e. The Morgan fingerprint density at radius 1 is 0.833 bits per heavy atom. The fourth-order valence-electron chi connectivity index (χ4n) is 4.17. The maximum atomic E-state index is 12.7. The van der Waals surface area contributed by atoms with Gasteiger partial charge in [-0.1, -0.05) is 25.1 Å². The molecule has 186 valence electrons. The minimum absolute atomic E-state index is 0.0401. The lowest BCUT2D eigenvalue weighted by atomic mass is 9.98. The summed E-state index contributed by atoms with van der Waals surface area (Å²) in [6.07, 6.45) is 2.08. The van der Waals surface area contributed by atoms with Crippen molar-refractivity contribution in [2.24, 2.45) is 5.92 Å². The summed E-state index contributed by atoms with van der Waals surface area (Å²) in [7, 11) is 1.74. The molecule has 1 fully saturated rings. The van der Waals surface area contributed by atoms with E-state index in [0.29, 0.717) is 22.7 Å². The predicted octanol–water partition coefficient (Wildman–Crippen LogP) is 4.89. The maximum absolute atomic E-state index is 12.7. The number of carbonyl (C=O) groups is 3. The maximum Gasteiger partial charge on any atom is 0.258 e. The van der Waals surface area contributed by atoms with Gasteiger partial charge in [-0.15, -0.1) is 0 Å². The summed E-state index contributed by atoms with van der Waals surface area (Å²) in [6.45, 7) is 3.88. The largest absolute Gasteiger partial charge is 0.376 e. The molecule has 7 nitrogen and oxygen atoms in total. The van der Waals surface area contributed by atoms with Gasteiger partial charge < -0.3 is 20.4 Å². The lowest BCUT2D eigenvalue weighted by Crippen LogP contribution is -2.37. The Morgan fingerprint density at radius 2 is 1.42 bits per heavy atom. The van der Waals surface area contributed by atoms with Crippen molar-refractivity contribution in [3.63, 3.8) is 0 Å². The van der Waals surface area contributed by atoms with Gasteiger partial charge in [-0.25, -0.2) is 0 Å². The van der Waals surface area contributed by atoms with Gasteiger partial charge in [-0.05, 0) is 79.4 Å². The zero-order valence-electron chi connectivity index (χ0n) is 20.7. The summed E-state index contributed by atoms with van der Waals surface area (Å²) in [4.78, 5) is 41.3. The number of para-hydroxylation sites is 1. The standard InChI is InChI=1S/C29H32N4O3/c1-21-16-18-33(19-17-21)29(36)23-10-14-25(15-11-23)31-27(34)20-30-24-12-8-22(9-13-24)28(35)32(2)26-6-4-3-5-7-26/h3-15,21,30H,16-20H2,1-2H3,(H,31,34). The first-order valence-electron chi connectivity index (χ1n) is 12.3. The summed E-state index contributed by atoms with van der Waals surface area (Å²) in [5.41, 5.74) is 3.38. The topological polar surface area (TPSA) is 81.8 Å². The van der Waals surface area contributed by atoms with Crippen molar-refractivity contribution in [2.75, 3.05) is 42.2 Å². The normalized spacial score (nSPS) is 13.7. The zero-order valence-corrected chi connectivity index (χ0v) is 20.7. The van der Waals surface area contributed by atoms with Crippen molar-refractivity contribution >= 4 is 34.8 Å². The van der Waals surface area contributed by atoms with Crippen LogP contribution in [-0.4, -0.2) is 49.3 Å². The van der Waals surface area contributed by atoms with Crippen LogP contribution in [0.3, 0.4) is 0 Å². The Bertz CT molecular complexity index is 1190. The molecule has 7 heteroatoms. The van der Waals surface area contributed by atoms with Crippen LogP contribution in [0.25, 0.3) is 0 Å². The highest BCUT2D eigenvalue weighted by atomic mass is 16.2. The van der Waals surface area contributed by atoms with E-state index in [-0.39, 0.29) is 24.3 Å². The highest BCUT2D eigenvalue weighted by molar-refractivity contribution is 6.06. The number of piperidine rings is 1. The smallest absolute Gasteiger partial charge is 0.258 e. The number of hydrogen-bond donors (Lipinski definition) is 2. The summed E-state index contributed by atoms with van der Waals surface area (Å²) in [5.74, 6) is 0.394. The third-order valence-electron chi connectivity index (χ3n) is 6.52. The van der Waals surface area contributed by atoms with Gasteiger partial charge in [0.2, 0.25) is 5.91 Å². The van der Waals surface area contributed by atoms with Crippen LogP contribution in [0.4, 0.5) is 17.1 Å². The van der Waals surface area contributed by atoms with Crippen LogP contribution in [0, 0.1) is 5.92 Å². The Morgan fingerprint density at radius 3 is 2.06 bits per heavy atom. The van der Waals surface area contributed by atoms with Crippen LogP contribution in [0.2, 0.25) is 0 Å². The summed E-state index contributed by atoms with van der Waals surface area (Å²) >= 11 is 0. The summed E-state index contributed by atoms with van der Waals surface area (Å²) in [5, 5.41) is 5.91. The van der Waals surface area contributed by atoms with Gasteiger partial charge in [0.05, 0.1) is 6.54 Å². The molecule has 36 heavy (non-hydrogen) atoms. The van der Waals surface area contributed by atoms with Gasteiger partial charge in [0.1, 0.15) is 0 Å². The average molecular weight is 485 g/mol. The summed E-state index contributed by atoms with van der Waals surface area (Å²) < 4.78 is 0. The molecule has 0 saturated carbocycles. The molecule has 0 spiro atoms. The molecule has 3 aromatic carbocycles. The number of benzene rings is 3. The number of likely N-dealkylation sites (tertiary alicyclic amines) is 1. The number of anilines is 3. The van der Waals surface area contributed by atoms with Crippen LogP contribution in [-0.2, 0) is 4.79 Å². The number of carbonyl (C=O) groups excluding carboxylic acids is 3. The van der Waals surface area contributed by atoms with Crippen molar-refractivity contribution in [3.05, 3.63) is 90.0 Å². The molecular formula is C29H32N4O3. The van der Waals surface area contributed by atoms with Crippen molar-refractivity contribution in [1.29, 1.82) is 0 Å². The zero-order chi connectivity index (χ0) is 25.5. The average Bonchev–Trinajstić information content (AvgIpc) is 2.92. The second-order valence-corrected chi connectivity index (χ2v) is 9.23. The molecule has 2 N–H and O–H groups in total. The molecule has 1 saturated heterocycles. The highest BCUT2D eigenvalue weighted by Crippen LogP contribution is 2.20. The number of rotatable bonds is 7. The van der Waals surface area contributed by atoms with Crippen LogP contribution < -0.4 is 15.5 Å².